The summed E-state index contributed by atoms with van der Waals surface area (Å²) >= 11 is 0. The molecule has 0 spiro atoms. The van der Waals surface area contributed by atoms with Crippen molar-refractivity contribution in [1.82, 2.24) is 20.5 Å². The van der Waals surface area contributed by atoms with Crippen LogP contribution in [-0.4, -0.2) is 68.5 Å². The summed E-state index contributed by atoms with van der Waals surface area (Å²) in [6.07, 6.45) is 1.58. The van der Waals surface area contributed by atoms with E-state index >= 15 is 0 Å². The third-order valence-corrected chi connectivity index (χ3v) is 3.49. The number of rotatable bonds is 4. The van der Waals surface area contributed by atoms with Crippen LogP contribution in [-0.2, 0) is 4.79 Å². The van der Waals surface area contributed by atoms with Crippen molar-refractivity contribution in [2.24, 2.45) is 0 Å². The second-order valence-electron chi connectivity index (χ2n) is 4.97. The Bertz CT molecular complexity index is 514. The molecule has 2 N–H and O–H groups in total. The van der Waals surface area contributed by atoms with Crippen molar-refractivity contribution in [2.75, 3.05) is 51.7 Å². The topological polar surface area (TPSA) is 77.6 Å². The van der Waals surface area contributed by atoms with Gasteiger partial charge in [0.15, 0.2) is 0 Å². The van der Waals surface area contributed by atoms with Gasteiger partial charge in [0.05, 0.1) is 6.54 Å². The number of anilines is 1. The number of hydrogen-bond acceptors (Lipinski definition) is 5. The molecule has 114 valence electrons. The molecule has 0 atom stereocenters. The second-order valence-corrected chi connectivity index (χ2v) is 4.97. The highest BCUT2D eigenvalue weighted by Gasteiger charge is 2.18. The normalized spacial score (nSPS) is 14.7. The van der Waals surface area contributed by atoms with Crippen LogP contribution in [0.2, 0.25) is 0 Å². The first-order valence-electron chi connectivity index (χ1n) is 6.99. The van der Waals surface area contributed by atoms with Gasteiger partial charge in [-0.1, -0.05) is 0 Å². The Morgan fingerprint density at radius 2 is 2.14 bits per heavy atom. The Hall–Kier alpha value is -2.15. The number of likely N-dealkylation sites (N-methyl/N-ethyl adjacent to an activating group) is 1. The monoisotopic (exact) mass is 291 g/mol. The van der Waals surface area contributed by atoms with Crippen molar-refractivity contribution in [3.8, 4) is 0 Å². The molecule has 1 aromatic heterocycles. The van der Waals surface area contributed by atoms with E-state index < -0.39 is 0 Å². The van der Waals surface area contributed by atoms with Crippen LogP contribution in [0.15, 0.2) is 18.3 Å². The largest absolute Gasteiger partial charge is 0.365 e. The van der Waals surface area contributed by atoms with Crippen LogP contribution in [0.5, 0.6) is 0 Å². The minimum atomic E-state index is -0.237. The molecule has 21 heavy (non-hydrogen) atoms. The molecule has 1 fully saturated rings. The van der Waals surface area contributed by atoms with E-state index in [2.05, 4.69) is 15.6 Å². The third-order valence-electron chi connectivity index (χ3n) is 3.49. The number of carbonyl (C=O) groups excluding carboxylic acids is 2. The maximum atomic E-state index is 12.2. The first kappa shape index (κ1) is 15.2. The Balaban J connectivity index is 2.00. The van der Waals surface area contributed by atoms with Gasteiger partial charge >= 0.3 is 0 Å². The Labute approximate surface area is 124 Å². The number of amides is 2. The average molecular weight is 291 g/mol. The zero-order valence-electron chi connectivity index (χ0n) is 12.4. The molecule has 7 heteroatoms. The van der Waals surface area contributed by atoms with Crippen molar-refractivity contribution in [1.29, 1.82) is 0 Å². The number of aromatic nitrogens is 1. The molecule has 0 saturated carbocycles. The first-order chi connectivity index (χ1) is 10.1. The van der Waals surface area contributed by atoms with E-state index in [-0.39, 0.29) is 18.4 Å². The lowest BCUT2D eigenvalue weighted by Crippen LogP contribution is -2.49. The highest BCUT2D eigenvalue weighted by molar-refractivity contribution is 5.93. The molecule has 1 aromatic rings. The quantitative estimate of drug-likeness (QED) is 0.768. The lowest BCUT2D eigenvalue weighted by molar-refractivity contribution is -0.130. The minimum Gasteiger partial charge on any atom is -0.365 e. The number of nitrogens with one attached hydrogen (secondary N) is 2. The van der Waals surface area contributed by atoms with Crippen LogP contribution in [0, 0.1) is 0 Å². The third kappa shape index (κ3) is 3.91. The van der Waals surface area contributed by atoms with Crippen LogP contribution in [0.4, 0.5) is 5.69 Å². The van der Waals surface area contributed by atoms with Gasteiger partial charge in [0.25, 0.3) is 5.91 Å². The molecule has 7 nitrogen and oxygen atoms in total. The number of carbonyl (C=O) groups is 2. The van der Waals surface area contributed by atoms with Crippen LogP contribution in [0.3, 0.4) is 0 Å². The molecule has 2 amide bonds. The molecule has 1 aliphatic rings. The fraction of sp³-hybridized carbons (Fsp3) is 0.500. The van der Waals surface area contributed by atoms with E-state index in [1.165, 1.54) is 0 Å². The summed E-state index contributed by atoms with van der Waals surface area (Å²) in [6, 6.07) is 3.47. The number of nitrogens with zero attached hydrogens (tertiary/aromatic N) is 3. The summed E-state index contributed by atoms with van der Waals surface area (Å²) in [4.78, 5) is 31.5. The Morgan fingerprint density at radius 3 is 2.81 bits per heavy atom. The Kier molecular flexibility index (Phi) is 5.10. The molecular weight excluding hydrogens is 270 g/mol. The van der Waals surface area contributed by atoms with E-state index in [0.29, 0.717) is 5.69 Å². The molecule has 0 unspecified atom stereocenters. The van der Waals surface area contributed by atoms with Gasteiger partial charge in [-0.3, -0.25) is 14.6 Å². The number of hydrogen-bond donors (Lipinski definition) is 2. The standard InChI is InChI=1S/C14H21N5O2/c1-15-14(21)12-9-11(3-4-17-12)18(2)10-13(20)19-7-5-16-6-8-19/h3-4,9,16H,5-8,10H2,1-2H3,(H,15,21). The minimum absolute atomic E-state index is 0.0947. The van der Waals surface area contributed by atoms with E-state index in [1.54, 1.807) is 25.4 Å². The average Bonchev–Trinajstić information content (AvgIpc) is 2.55. The van der Waals surface area contributed by atoms with Crippen molar-refractivity contribution in [3.63, 3.8) is 0 Å². The fourth-order valence-electron chi connectivity index (χ4n) is 2.22. The molecule has 1 aliphatic heterocycles. The highest BCUT2D eigenvalue weighted by Crippen LogP contribution is 2.13. The van der Waals surface area contributed by atoms with Gasteiger partial charge in [0.2, 0.25) is 5.91 Å². The van der Waals surface area contributed by atoms with Gasteiger partial charge in [0, 0.05) is 52.2 Å². The van der Waals surface area contributed by atoms with Gasteiger partial charge in [-0.25, -0.2) is 0 Å². The van der Waals surface area contributed by atoms with E-state index in [0.717, 1.165) is 31.9 Å². The SMILES string of the molecule is CNC(=O)c1cc(N(C)CC(=O)N2CCNCC2)ccn1. The summed E-state index contributed by atoms with van der Waals surface area (Å²) in [6.45, 7) is 3.45. The molecule has 1 saturated heterocycles. The molecule has 0 aromatic carbocycles. The van der Waals surface area contributed by atoms with Gasteiger partial charge < -0.3 is 20.4 Å². The van der Waals surface area contributed by atoms with Crippen LogP contribution in [0.25, 0.3) is 0 Å². The first-order valence-corrected chi connectivity index (χ1v) is 6.99. The summed E-state index contributed by atoms with van der Waals surface area (Å²) in [7, 11) is 3.40. The number of pyridine rings is 1. The number of piperazine rings is 1. The predicted molar refractivity (Wildman–Crippen MR) is 80.3 cm³/mol. The van der Waals surface area contributed by atoms with Crippen molar-refractivity contribution >= 4 is 17.5 Å². The lowest BCUT2D eigenvalue weighted by Gasteiger charge is -2.29. The molecule has 0 aliphatic carbocycles. The summed E-state index contributed by atoms with van der Waals surface area (Å²) in [5.41, 5.74) is 1.14. The predicted octanol–water partition coefficient (Wildman–Crippen LogP) is -0.691. The van der Waals surface area contributed by atoms with Gasteiger partial charge in [-0.15, -0.1) is 0 Å². The van der Waals surface area contributed by atoms with Crippen molar-refractivity contribution in [2.45, 2.75) is 0 Å². The van der Waals surface area contributed by atoms with E-state index in [9.17, 15) is 9.59 Å². The van der Waals surface area contributed by atoms with Gasteiger partial charge in [-0.05, 0) is 12.1 Å². The van der Waals surface area contributed by atoms with Crippen LogP contribution in [0.1, 0.15) is 10.5 Å². The summed E-state index contributed by atoms with van der Waals surface area (Å²) in [5, 5.41) is 5.76. The Morgan fingerprint density at radius 1 is 1.43 bits per heavy atom. The zero-order chi connectivity index (χ0) is 15.2. The lowest BCUT2D eigenvalue weighted by atomic mass is 10.2. The van der Waals surface area contributed by atoms with Crippen molar-refractivity contribution in [3.05, 3.63) is 24.0 Å². The van der Waals surface area contributed by atoms with Gasteiger partial charge in [-0.2, -0.15) is 0 Å². The molecule has 0 radical (unpaired) electrons. The summed E-state index contributed by atoms with van der Waals surface area (Å²) in [5.74, 6) is -0.143. The molecule has 2 rings (SSSR count). The van der Waals surface area contributed by atoms with Crippen LogP contribution >= 0.6 is 0 Å². The van der Waals surface area contributed by atoms with E-state index in [1.807, 2.05) is 16.8 Å². The second kappa shape index (κ2) is 7.03. The molecule has 2 heterocycles. The molecular formula is C14H21N5O2. The zero-order valence-corrected chi connectivity index (χ0v) is 12.4. The van der Waals surface area contributed by atoms with Crippen LogP contribution < -0.4 is 15.5 Å². The smallest absolute Gasteiger partial charge is 0.269 e. The van der Waals surface area contributed by atoms with Gasteiger partial charge in [0.1, 0.15) is 5.69 Å². The van der Waals surface area contributed by atoms with E-state index in [4.69, 9.17) is 0 Å². The fourth-order valence-corrected chi connectivity index (χ4v) is 2.22. The molecule has 0 bridgehead atoms. The summed E-state index contributed by atoms with van der Waals surface area (Å²) < 4.78 is 0. The maximum absolute atomic E-state index is 12.2. The van der Waals surface area contributed by atoms with Crippen molar-refractivity contribution < 1.29 is 9.59 Å². The maximum Gasteiger partial charge on any atom is 0.269 e. The highest BCUT2D eigenvalue weighted by atomic mass is 16.2.